The molecule has 10 N–H and O–H groups in total. The Kier molecular flexibility index (Phi) is 8.65. The van der Waals surface area contributed by atoms with Crippen molar-refractivity contribution in [2.24, 2.45) is 0 Å². The number of hydrogen-bond donors (Lipinski definition) is 10. The molecular formula is C18H28O17. The zero-order valence-corrected chi connectivity index (χ0v) is 18.0. The summed E-state index contributed by atoms with van der Waals surface area (Å²) in [7, 11) is 0. The predicted octanol–water partition coefficient (Wildman–Crippen LogP) is -6.36. The largest absolute Gasteiger partial charge is 0.479 e. The molecule has 3 aliphatic heterocycles. The molecule has 3 rings (SSSR count). The highest BCUT2D eigenvalue weighted by molar-refractivity contribution is 5.74. The summed E-state index contributed by atoms with van der Waals surface area (Å²) in [6.07, 6.45) is -28.8. The van der Waals surface area contributed by atoms with E-state index in [1.807, 2.05) is 0 Å². The molecule has 0 aromatic carbocycles. The SMILES string of the molecule is C[C@H]1OC(O)[C@@H](O[C@H]2O[C@H](C(=O)O)[C@H](O[C@H]3O[C@H](C(=O)O)[C@H](O)[C@H](O)[C@H]3O)[C@H](O)[C@H]2O)[C@@H](O)[C@@H]1O. The van der Waals surface area contributed by atoms with Crippen molar-refractivity contribution in [3.05, 3.63) is 0 Å². The molecule has 0 saturated carbocycles. The smallest absolute Gasteiger partial charge is 0.335 e. The van der Waals surface area contributed by atoms with Gasteiger partial charge < -0.3 is 74.7 Å². The molecule has 0 spiro atoms. The quantitative estimate of drug-likeness (QED) is 0.157. The van der Waals surface area contributed by atoms with E-state index in [2.05, 4.69) is 0 Å². The lowest BCUT2D eigenvalue weighted by Crippen LogP contribution is -2.67. The molecule has 3 aliphatic rings. The minimum absolute atomic E-state index is 1.00. The molecule has 202 valence electrons. The summed E-state index contributed by atoms with van der Waals surface area (Å²) >= 11 is 0. The number of carboxylic acids is 2. The van der Waals surface area contributed by atoms with Crippen LogP contribution in [0.2, 0.25) is 0 Å². The average Bonchev–Trinajstić information content (AvgIpc) is 2.79. The van der Waals surface area contributed by atoms with Crippen LogP contribution in [-0.4, -0.2) is 155 Å². The van der Waals surface area contributed by atoms with E-state index in [0.29, 0.717) is 0 Å². The number of carboxylic acid groups (broad SMARTS) is 2. The van der Waals surface area contributed by atoms with Gasteiger partial charge in [-0.15, -0.1) is 0 Å². The van der Waals surface area contributed by atoms with Crippen LogP contribution in [0.25, 0.3) is 0 Å². The number of aliphatic hydroxyl groups excluding tert-OH is 8. The van der Waals surface area contributed by atoms with E-state index in [4.69, 9.17) is 28.8 Å². The van der Waals surface area contributed by atoms with Crippen molar-refractivity contribution in [2.45, 2.75) is 99.0 Å². The van der Waals surface area contributed by atoms with Gasteiger partial charge in [-0.3, -0.25) is 0 Å². The Bertz CT molecular complexity index is 765. The molecule has 0 aromatic rings. The van der Waals surface area contributed by atoms with Gasteiger partial charge in [0.25, 0.3) is 0 Å². The van der Waals surface area contributed by atoms with Gasteiger partial charge in [0.15, 0.2) is 31.1 Å². The standard InChI is InChI=1S/C18H28O17/c1-2-3(19)5(21)12(16(30)31-2)34-18-9(25)7(23)10(13(35-18)15(28)29)32-17-8(24)4(20)6(22)11(33-17)14(26)27/h2-13,16-25,30H,1H3,(H,26,27)(H,28,29)/t2-,3-,4+,5+,6-,7-,8-,9-,10-,11+,12+,13+,16?,17+,18+/m1/s1. The van der Waals surface area contributed by atoms with Crippen LogP contribution in [0.3, 0.4) is 0 Å². The van der Waals surface area contributed by atoms with Crippen LogP contribution in [0, 0.1) is 0 Å². The summed E-state index contributed by atoms with van der Waals surface area (Å²) in [6.45, 7) is 1.35. The van der Waals surface area contributed by atoms with E-state index in [1.165, 1.54) is 6.92 Å². The Labute approximate surface area is 196 Å². The van der Waals surface area contributed by atoms with E-state index in [9.17, 15) is 55.5 Å². The number of aliphatic hydroxyl groups is 8. The maximum Gasteiger partial charge on any atom is 0.335 e. The van der Waals surface area contributed by atoms with Crippen molar-refractivity contribution >= 4 is 11.9 Å². The molecule has 17 heteroatoms. The van der Waals surface area contributed by atoms with E-state index >= 15 is 0 Å². The number of rotatable bonds is 6. The molecule has 17 nitrogen and oxygen atoms in total. The number of aliphatic carboxylic acids is 2. The molecule has 3 fully saturated rings. The summed E-state index contributed by atoms with van der Waals surface area (Å²) < 4.78 is 25.4. The third-order valence-electron chi connectivity index (χ3n) is 5.99. The van der Waals surface area contributed by atoms with Crippen LogP contribution in [0.5, 0.6) is 0 Å². The van der Waals surface area contributed by atoms with Gasteiger partial charge in [0.1, 0.15) is 54.9 Å². The van der Waals surface area contributed by atoms with E-state index in [0.717, 1.165) is 0 Å². The van der Waals surface area contributed by atoms with Crippen LogP contribution in [0.1, 0.15) is 6.92 Å². The van der Waals surface area contributed by atoms with Crippen molar-refractivity contribution in [3.8, 4) is 0 Å². The zero-order chi connectivity index (χ0) is 26.4. The first-order valence-electron chi connectivity index (χ1n) is 10.4. The summed E-state index contributed by atoms with van der Waals surface area (Å²) in [5, 5.41) is 99.4. The molecule has 15 atom stereocenters. The Balaban J connectivity index is 1.77. The summed E-state index contributed by atoms with van der Waals surface area (Å²) in [4.78, 5) is 23.0. The Morgan fingerprint density at radius 2 is 1.03 bits per heavy atom. The van der Waals surface area contributed by atoms with Gasteiger partial charge in [0.05, 0.1) is 6.10 Å². The first-order chi connectivity index (χ1) is 16.3. The van der Waals surface area contributed by atoms with Crippen LogP contribution in [-0.2, 0) is 33.3 Å². The minimum atomic E-state index is -2.17. The molecule has 0 amide bonds. The van der Waals surface area contributed by atoms with E-state index < -0.39 is 104 Å². The molecule has 0 aliphatic carbocycles. The fourth-order valence-electron chi connectivity index (χ4n) is 3.94. The van der Waals surface area contributed by atoms with Gasteiger partial charge in [0.2, 0.25) is 0 Å². The molecule has 0 radical (unpaired) electrons. The summed E-state index contributed by atoms with van der Waals surface area (Å²) in [5.74, 6) is -3.53. The monoisotopic (exact) mass is 516 g/mol. The second-order valence-electron chi connectivity index (χ2n) is 8.39. The lowest BCUT2D eigenvalue weighted by molar-refractivity contribution is -0.373. The topological polar surface area (TPSA) is 283 Å². The Morgan fingerprint density at radius 1 is 0.571 bits per heavy atom. The second-order valence-corrected chi connectivity index (χ2v) is 8.39. The van der Waals surface area contributed by atoms with Gasteiger partial charge in [-0.1, -0.05) is 0 Å². The number of hydrogen-bond acceptors (Lipinski definition) is 15. The van der Waals surface area contributed by atoms with Crippen molar-refractivity contribution in [2.75, 3.05) is 0 Å². The van der Waals surface area contributed by atoms with Crippen molar-refractivity contribution in [3.63, 3.8) is 0 Å². The van der Waals surface area contributed by atoms with Gasteiger partial charge in [-0.05, 0) is 6.92 Å². The first kappa shape index (κ1) is 28.0. The predicted molar refractivity (Wildman–Crippen MR) is 101 cm³/mol. The van der Waals surface area contributed by atoms with E-state index in [-0.39, 0.29) is 0 Å². The maximum atomic E-state index is 11.8. The lowest BCUT2D eigenvalue weighted by Gasteiger charge is -2.46. The normalized spacial score (nSPS) is 51.1. The van der Waals surface area contributed by atoms with Crippen molar-refractivity contribution in [1.29, 1.82) is 0 Å². The van der Waals surface area contributed by atoms with Crippen molar-refractivity contribution in [1.82, 2.24) is 0 Å². The molecule has 3 saturated heterocycles. The van der Waals surface area contributed by atoms with Crippen molar-refractivity contribution < 1.29 is 84.3 Å². The highest BCUT2D eigenvalue weighted by Gasteiger charge is 2.55. The molecular weight excluding hydrogens is 488 g/mol. The molecule has 1 unspecified atom stereocenters. The van der Waals surface area contributed by atoms with Crippen LogP contribution in [0.15, 0.2) is 0 Å². The molecule has 35 heavy (non-hydrogen) atoms. The molecule has 0 bridgehead atoms. The van der Waals surface area contributed by atoms with Gasteiger partial charge in [0, 0.05) is 0 Å². The number of ether oxygens (including phenoxy) is 5. The first-order valence-corrected chi connectivity index (χ1v) is 10.4. The van der Waals surface area contributed by atoms with Gasteiger partial charge >= 0.3 is 11.9 Å². The Morgan fingerprint density at radius 3 is 1.57 bits per heavy atom. The Hall–Kier alpha value is -1.58. The highest BCUT2D eigenvalue weighted by Crippen LogP contribution is 2.32. The average molecular weight is 516 g/mol. The minimum Gasteiger partial charge on any atom is -0.479 e. The zero-order valence-electron chi connectivity index (χ0n) is 18.0. The highest BCUT2D eigenvalue weighted by atomic mass is 16.8. The van der Waals surface area contributed by atoms with Gasteiger partial charge in [-0.2, -0.15) is 0 Å². The van der Waals surface area contributed by atoms with E-state index in [1.54, 1.807) is 0 Å². The van der Waals surface area contributed by atoms with Gasteiger partial charge in [-0.25, -0.2) is 9.59 Å². The maximum absolute atomic E-state index is 11.8. The van der Waals surface area contributed by atoms with Crippen LogP contribution >= 0.6 is 0 Å². The third kappa shape index (κ3) is 5.42. The summed E-state index contributed by atoms with van der Waals surface area (Å²) in [5.41, 5.74) is 0. The fraction of sp³-hybridized carbons (Fsp3) is 0.889. The third-order valence-corrected chi connectivity index (χ3v) is 5.99. The summed E-state index contributed by atoms with van der Waals surface area (Å²) in [6, 6.07) is 0. The lowest BCUT2D eigenvalue weighted by atomic mass is 9.96. The number of carbonyl (C=O) groups is 2. The molecule has 3 heterocycles. The second kappa shape index (κ2) is 10.8. The van der Waals surface area contributed by atoms with Crippen LogP contribution in [0.4, 0.5) is 0 Å². The molecule has 0 aromatic heterocycles. The fourth-order valence-corrected chi connectivity index (χ4v) is 3.94. The van der Waals surface area contributed by atoms with Crippen LogP contribution < -0.4 is 0 Å².